The van der Waals surface area contributed by atoms with Gasteiger partial charge in [0.25, 0.3) is 0 Å². The maximum atomic E-state index is 6.09. The molecular formula is C20H27N5O. The number of pyridine rings is 1. The van der Waals surface area contributed by atoms with E-state index in [1.165, 1.54) is 36.9 Å². The lowest BCUT2D eigenvalue weighted by Gasteiger charge is -2.34. The van der Waals surface area contributed by atoms with Crippen LogP contribution >= 0.6 is 0 Å². The Hall–Kier alpha value is -1.79. The number of hydrogen-bond donors (Lipinski definition) is 0. The zero-order valence-electron chi connectivity index (χ0n) is 15.3. The van der Waals surface area contributed by atoms with Gasteiger partial charge in [-0.25, -0.2) is 4.68 Å². The summed E-state index contributed by atoms with van der Waals surface area (Å²) in [5, 5.41) is 9.10. The van der Waals surface area contributed by atoms with E-state index in [1.807, 2.05) is 18.5 Å². The molecule has 0 bridgehead atoms. The first-order valence-corrected chi connectivity index (χ1v) is 10.00. The summed E-state index contributed by atoms with van der Waals surface area (Å²) >= 11 is 0. The minimum atomic E-state index is 0.200. The van der Waals surface area contributed by atoms with Crippen molar-refractivity contribution >= 4 is 0 Å². The van der Waals surface area contributed by atoms with Gasteiger partial charge in [0, 0.05) is 45.1 Å². The Balaban J connectivity index is 1.34. The molecule has 0 amide bonds. The molecule has 6 heteroatoms. The van der Waals surface area contributed by atoms with Crippen LogP contribution in [-0.2, 0) is 24.2 Å². The van der Waals surface area contributed by atoms with Crippen molar-refractivity contribution in [1.29, 1.82) is 0 Å². The number of hydrogen-bond acceptors (Lipinski definition) is 5. The monoisotopic (exact) mass is 353 g/mol. The Bertz CT molecular complexity index is 738. The van der Waals surface area contributed by atoms with Gasteiger partial charge in [0.15, 0.2) is 0 Å². The van der Waals surface area contributed by atoms with Crippen molar-refractivity contribution in [2.45, 2.75) is 51.2 Å². The fraction of sp³-hybridized carbons (Fsp3) is 0.650. The Morgan fingerprint density at radius 1 is 1.12 bits per heavy atom. The standard InChI is InChI=1S/C20H27N5O/c1-2-17(10-21-8-1)11-24-9-7-18-20(19(24)14-26-13-16-5-6-16)22-23-25(18)12-15-3-4-15/h1-2,8,10,15-16,19H,3-7,9,11-14H2/t19-/m0/s1. The van der Waals surface area contributed by atoms with Crippen molar-refractivity contribution in [3.63, 3.8) is 0 Å². The van der Waals surface area contributed by atoms with Crippen LogP contribution in [0.5, 0.6) is 0 Å². The van der Waals surface area contributed by atoms with Gasteiger partial charge in [-0.05, 0) is 49.1 Å². The average Bonchev–Trinajstić information content (AvgIpc) is 3.58. The van der Waals surface area contributed by atoms with Crippen LogP contribution in [0.4, 0.5) is 0 Å². The van der Waals surface area contributed by atoms with Crippen molar-refractivity contribution in [2.24, 2.45) is 11.8 Å². The summed E-state index contributed by atoms with van der Waals surface area (Å²) in [6.45, 7) is 4.56. The molecule has 3 heterocycles. The molecule has 26 heavy (non-hydrogen) atoms. The lowest BCUT2D eigenvalue weighted by molar-refractivity contribution is 0.0424. The SMILES string of the molecule is c1cncc(CN2CCc3c(nnn3CC3CC3)[C@@H]2COCC2CC2)c1. The zero-order chi connectivity index (χ0) is 17.3. The molecule has 6 nitrogen and oxygen atoms in total. The summed E-state index contributed by atoms with van der Waals surface area (Å²) in [4.78, 5) is 6.76. The van der Waals surface area contributed by atoms with Crippen LogP contribution in [-0.4, -0.2) is 44.6 Å². The van der Waals surface area contributed by atoms with Crippen LogP contribution < -0.4 is 0 Å². The molecular weight excluding hydrogens is 326 g/mol. The van der Waals surface area contributed by atoms with Crippen LogP contribution in [0.3, 0.4) is 0 Å². The Kier molecular flexibility index (Phi) is 4.46. The maximum absolute atomic E-state index is 6.09. The highest BCUT2D eigenvalue weighted by Crippen LogP contribution is 2.35. The minimum Gasteiger partial charge on any atom is -0.379 e. The van der Waals surface area contributed by atoms with Crippen LogP contribution in [0.2, 0.25) is 0 Å². The van der Waals surface area contributed by atoms with Gasteiger partial charge in [-0.3, -0.25) is 9.88 Å². The van der Waals surface area contributed by atoms with Crippen LogP contribution in [0.1, 0.15) is 48.7 Å². The smallest absolute Gasteiger partial charge is 0.105 e. The topological polar surface area (TPSA) is 56.1 Å². The van der Waals surface area contributed by atoms with E-state index in [2.05, 4.69) is 30.9 Å². The molecule has 0 saturated heterocycles. The molecule has 2 aromatic rings. The van der Waals surface area contributed by atoms with E-state index < -0.39 is 0 Å². The second-order valence-corrected chi connectivity index (χ2v) is 8.13. The van der Waals surface area contributed by atoms with E-state index in [9.17, 15) is 0 Å². The zero-order valence-corrected chi connectivity index (χ0v) is 15.3. The first-order valence-electron chi connectivity index (χ1n) is 10.00. The summed E-state index contributed by atoms with van der Waals surface area (Å²) in [5.74, 6) is 1.61. The highest BCUT2D eigenvalue weighted by molar-refractivity contribution is 5.20. The molecule has 3 aliphatic rings. The predicted octanol–water partition coefficient (Wildman–Crippen LogP) is 2.61. The summed E-state index contributed by atoms with van der Waals surface area (Å²) < 4.78 is 8.26. The molecule has 2 aromatic heterocycles. The summed E-state index contributed by atoms with van der Waals surface area (Å²) in [6, 6.07) is 4.36. The maximum Gasteiger partial charge on any atom is 0.105 e. The minimum absolute atomic E-state index is 0.200. The van der Waals surface area contributed by atoms with Gasteiger partial charge < -0.3 is 4.74 Å². The summed E-state index contributed by atoms with van der Waals surface area (Å²) in [7, 11) is 0. The van der Waals surface area contributed by atoms with Crippen LogP contribution in [0.15, 0.2) is 24.5 Å². The lowest BCUT2D eigenvalue weighted by Crippen LogP contribution is -2.38. The normalized spacial score (nSPS) is 23.2. The first-order chi connectivity index (χ1) is 12.9. The summed E-state index contributed by atoms with van der Waals surface area (Å²) in [6.07, 6.45) is 10.2. The van der Waals surface area contributed by atoms with Crippen molar-refractivity contribution < 1.29 is 4.74 Å². The molecule has 0 N–H and O–H groups in total. The van der Waals surface area contributed by atoms with E-state index >= 15 is 0 Å². The van der Waals surface area contributed by atoms with Crippen LogP contribution in [0, 0.1) is 11.8 Å². The molecule has 2 fully saturated rings. The molecule has 0 unspecified atom stereocenters. The molecule has 1 atom stereocenters. The third-order valence-electron chi connectivity index (χ3n) is 5.82. The fourth-order valence-electron chi connectivity index (χ4n) is 3.86. The molecule has 138 valence electrons. The Morgan fingerprint density at radius 2 is 2.00 bits per heavy atom. The largest absolute Gasteiger partial charge is 0.379 e. The number of aromatic nitrogens is 4. The molecule has 2 aliphatic carbocycles. The number of fused-ring (bicyclic) bond motifs is 1. The van der Waals surface area contributed by atoms with Gasteiger partial charge in [0.1, 0.15) is 5.69 Å². The second kappa shape index (κ2) is 7.08. The van der Waals surface area contributed by atoms with E-state index in [4.69, 9.17) is 4.74 Å². The van der Waals surface area contributed by atoms with Gasteiger partial charge >= 0.3 is 0 Å². The van der Waals surface area contributed by atoms with Gasteiger partial charge in [-0.1, -0.05) is 11.3 Å². The van der Waals surface area contributed by atoms with Crippen molar-refractivity contribution in [3.05, 3.63) is 41.5 Å². The molecule has 0 aromatic carbocycles. The van der Waals surface area contributed by atoms with E-state index in [0.717, 1.165) is 50.2 Å². The summed E-state index contributed by atoms with van der Waals surface area (Å²) in [5.41, 5.74) is 3.71. The number of ether oxygens (including phenoxy) is 1. The lowest BCUT2D eigenvalue weighted by atomic mass is 10.0. The molecule has 5 rings (SSSR count). The fourth-order valence-corrected chi connectivity index (χ4v) is 3.86. The third kappa shape index (κ3) is 3.67. The van der Waals surface area contributed by atoms with Crippen LogP contribution in [0.25, 0.3) is 0 Å². The van der Waals surface area contributed by atoms with Gasteiger partial charge in [0.05, 0.1) is 18.3 Å². The van der Waals surface area contributed by atoms with Crippen molar-refractivity contribution in [1.82, 2.24) is 24.9 Å². The Labute approximate surface area is 154 Å². The van der Waals surface area contributed by atoms with E-state index in [0.29, 0.717) is 6.61 Å². The Morgan fingerprint density at radius 3 is 2.77 bits per heavy atom. The van der Waals surface area contributed by atoms with Gasteiger partial charge in [-0.2, -0.15) is 0 Å². The van der Waals surface area contributed by atoms with E-state index in [-0.39, 0.29) is 6.04 Å². The first kappa shape index (κ1) is 16.4. The number of rotatable bonds is 8. The highest BCUT2D eigenvalue weighted by Gasteiger charge is 2.34. The average molecular weight is 353 g/mol. The predicted molar refractivity (Wildman–Crippen MR) is 97.4 cm³/mol. The third-order valence-corrected chi connectivity index (χ3v) is 5.82. The molecule has 2 saturated carbocycles. The number of nitrogens with zero attached hydrogens (tertiary/aromatic N) is 5. The quantitative estimate of drug-likeness (QED) is 0.730. The van der Waals surface area contributed by atoms with Crippen molar-refractivity contribution in [2.75, 3.05) is 19.8 Å². The molecule has 1 aliphatic heterocycles. The molecule has 0 radical (unpaired) electrons. The van der Waals surface area contributed by atoms with E-state index in [1.54, 1.807) is 0 Å². The van der Waals surface area contributed by atoms with Gasteiger partial charge in [0.2, 0.25) is 0 Å². The van der Waals surface area contributed by atoms with Crippen molar-refractivity contribution in [3.8, 4) is 0 Å². The molecule has 0 spiro atoms. The highest BCUT2D eigenvalue weighted by atomic mass is 16.5. The van der Waals surface area contributed by atoms with Gasteiger partial charge in [-0.15, -0.1) is 5.10 Å². The second-order valence-electron chi connectivity index (χ2n) is 8.13.